The van der Waals surface area contributed by atoms with Gasteiger partial charge in [0.15, 0.2) is 0 Å². The highest BCUT2D eigenvalue weighted by atomic mass is 35.5. The Morgan fingerprint density at radius 3 is 2.93 bits per heavy atom. The van der Waals surface area contributed by atoms with E-state index in [-0.39, 0.29) is 12.5 Å². The first-order valence-corrected chi connectivity index (χ1v) is 5.35. The van der Waals surface area contributed by atoms with Crippen molar-refractivity contribution in [2.45, 2.75) is 13.3 Å². The zero-order valence-corrected chi connectivity index (χ0v) is 9.29. The summed E-state index contributed by atoms with van der Waals surface area (Å²) in [5.74, 6) is 1.12. The molecule has 1 atom stereocenters. The van der Waals surface area contributed by atoms with E-state index in [9.17, 15) is 0 Å². The molecule has 15 heavy (non-hydrogen) atoms. The van der Waals surface area contributed by atoms with Gasteiger partial charge < -0.3 is 9.52 Å². The maximum atomic E-state index is 8.95. The maximum Gasteiger partial charge on any atom is 0.134 e. The fourth-order valence-corrected chi connectivity index (χ4v) is 1.76. The third kappa shape index (κ3) is 2.33. The number of fused-ring (bicyclic) bond motifs is 1. The number of aliphatic hydroxyl groups is 1. The van der Waals surface area contributed by atoms with Crippen LogP contribution in [0.1, 0.15) is 12.7 Å². The highest BCUT2D eigenvalue weighted by Crippen LogP contribution is 2.24. The molecule has 2 nitrogen and oxygen atoms in total. The quantitative estimate of drug-likeness (QED) is 0.868. The van der Waals surface area contributed by atoms with E-state index >= 15 is 0 Å². The normalized spacial score (nSPS) is 13.3. The van der Waals surface area contributed by atoms with Crippen molar-refractivity contribution in [1.82, 2.24) is 0 Å². The average molecular weight is 225 g/mol. The maximum absolute atomic E-state index is 8.95. The first-order valence-electron chi connectivity index (χ1n) is 4.98. The lowest BCUT2D eigenvalue weighted by Gasteiger charge is -2.02. The molecule has 0 fully saturated rings. The summed E-state index contributed by atoms with van der Waals surface area (Å²) in [6.07, 6.45) is 0.753. The second-order valence-corrected chi connectivity index (χ2v) is 4.32. The predicted molar refractivity (Wildman–Crippen MR) is 61.2 cm³/mol. The molecule has 0 aliphatic heterocycles. The van der Waals surface area contributed by atoms with Gasteiger partial charge in [0.05, 0.1) is 0 Å². The molecule has 2 rings (SSSR count). The third-order valence-corrected chi connectivity index (χ3v) is 2.63. The van der Waals surface area contributed by atoms with Crippen LogP contribution in [0.2, 0.25) is 5.02 Å². The van der Waals surface area contributed by atoms with Crippen molar-refractivity contribution in [3.8, 4) is 0 Å². The summed E-state index contributed by atoms with van der Waals surface area (Å²) in [4.78, 5) is 0. The van der Waals surface area contributed by atoms with Gasteiger partial charge in [-0.25, -0.2) is 0 Å². The van der Waals surface area contributed by atoms with Crippen LogP contribution >= 0.6 is 11.6 Å². The van der Waals surface area contributed by atoms with E-state index in [1.54, 1.807) is 0 Å². The van der Waals surface area contributed by atoms with Gasteiger partial charge in [-0.2, -0.15) is 0 Å². The molecule has 0 saturated carbocycles. The van der Waals surface area contributed by atoms with Crippen molar-refractivity contribution in [2.24, 2.45) is 5.92 Å². The van der Waals surface area contributed by atoms with Gasteiger partial charge in [-0.15, -0.1) is 0 Å². The lowest BCUT2D eigenvalue weighted by atomic mass is 10.1. The molecule has 80 valence electrons. The monoisotopic (exact) mass is 224 g/mol. The summed E-state index contributed by atoms with van der Waals surface area (Å²) in [7, 11) is 0. The van der Waals surface area contributed by atoms with Gasteiger partial charge in [0, 0.05) is 23.4 Å². The van der Waals surface area contributed by atoms with E-state index in [1.807, 2.05) is 31.2 Å². The minimum atomic E-state index is 0.178. The molecule has 0 spiro atoms. The van der Waals surface area contributed by atoms with Crippen LogP contribution in [0.15, 0.2) is 28.7 Å². The second kappa shape index (κ2) is 4.25. The SMILES string of the molecule is CC(CO)Cc1cc2cc(Cl)ccc2o1. The molecular weight excluding hydrogens is 212 g/mol. The first kappa shape index (κ1) is 10.5. The van der Waals surface area contributed by atoms with Gasteiger partial charge in [0.25, 0.3) is 0 Å². The van der Waals surface area contributed by atoms with Crippen LogP contribution in [0, 0.1) is 5.92 Å². The standard InChI is InChI=1S/C12H13ClO2/c1-8(7-14)4-11-6-9-5-10(13)2-3-12(9)15-11/h2-3,5-6,8,14H,4,7H2,1H3. The molecule has 0 amide bonds. The van der Waals surface area contributed by atoms with E-state index in [0.717, 1.165) is 23.2 Å². The fourth-order valence-electron chi connectivity index (χ4n) is 1.58. The van der Waals surface area contributed by atoms with Gasteiger partial charge in [-0.05, 0) is 30.2 Å². The Kier molecular flexibility index (Phi) is 2.98. The van der Waals surface area contributed by atoms with Crippen molar-refractivity contribution in [3.63, 3.8) is 0 Å². The number of rotatable bonds is 3. The number of hydrogen-bond acceptors (Lipinski definition) is 2. The van der Waals surface area contributed by atoms with Crippen LogP contribution in [0.25, 0.3) is 11.0 Å². The molecule has 0 radical (unpaired) electrons. The van der Waals surface area contributed by atoms with Crippen LogP contribution in [0.4, 0.5) is 0 Å². The van der Waals surface area contributed by atoms with Gasteiger partial charge in [0.1, 0.15) is 11.3 Å². The van der Waals surface area contributed by atoms with Crippen LogP contribution in [0.3, 0.4) is 0 Å². The fraction of sp³-hybridized carbons (Fsp3) is 0.333. The highest BCUT2D eigenvalue weighted by Gasteiger charge is 2.08. The zero-order valence-electron chi connectivity index (χ0n) is 8.53. The predicted octanol–water partition coefficient (Wildman–Crippen LogP) is 3.26. The third-order valence-electron chi connectivity index (χ3n) is 2.39. The molecule has 0 bridgehead atoms. The first-order chi connectivity index (χ1) is 7.19. The van der Waals surface area contributed by atoms with Crippen molar-refractivity contribution in [2.75, 3.05) is 6.61 Å². The number of hydrogen-bond donors (Lipinski definition) is 1. The Balaban J connectivity index is 2.30. The minimum Gasteiger partial charge on any atom is -0.461 e. The molecule has 1 aromatic carbocycles. The molecule has 3 heteroatoms. The topological polar surface area (TPSA) is 33.4 Å². The van der Waals surface area contributed by atoms with E-state index in [2.05, 4.69) is 0 Å². The lowest BCUT2D eigenvalue weighted by molar-refractivity contribution is 0.232. The summed E-state index contributed by atoms with van der Waals surface area (Å²) in [6, 6.07) is 7.54. The summed E-state index contributed by atoms with van der Waals surface area (Å²) in [5, 5.41) is 10.7. The minimum absolute atomic E-state index is 0.178. The van der Waals surface area contributed by atoms with Gasteiger partial charge in [-0.1, -0.05) is 18.5 Å². The summed E-state index contributed by atoms with van der Waals surface area (Å²) >= 11 is 5.88. The Bertz CT molecular complexity index is 462. The number of aliphatic hydroxyl groups excluding tert-OH is 1. The van der Waals surface area contributed by atoms with Crippen LogP contribution in [0.5, 0.6) is 0 Å². The molecule has 1 heterocycles. The van der Waals surface area contributed by atoms with Crippen LogP contribution in [-0.2, 0) is 6.42 Å². The molecule has 0 aliphatic rings. The van der Waals surface area contributed by atoms with Crippen molar-refractivity contribution >= 4 is 22.6 Å². The molecular formula is C12H13ClO2. The molecule has 1 aromatic heterocycles. The Morgan fingerprint density at radius 2 is 2.20 bits per heavy atom. The van der Waals surface area contributed by atoms with Crippen molar-refractivity contribution in [1.29, 1.82) is 0 Å². The summed E-state index contributed by atoms with van der Waals surface area (Å²) in [5.41, 5.74) is 0.847. The van der Waals surface area contributed by atoms with Crippen molar-refractivity contribution < 1.29 is 9.52 Å². The number of halogens is 1. The average Bonchev–Trinajstić information content (AvgIpc) is 2.59. The van der Waals surface area contributed by atoms with Crippen molar-refractivity contribution in [3.05, 3.63) is 35.0 Å². The Labute approximate surface area is 93.5 Å². The van der Waals surface area contributed by atoms with E-state index < -0.39 is 0 Å². The molecule has 2 aromatic rings. The molecule has 1 N–H and O–H groups in total. The second-order valence-electron chi connectivity index (χ2n) is 3.89. The van der Waals surface area contributed by atoms with E-state index in [0.29, 0.717) is 5.02 Å². The lowest BCUT2D eigenvalue weighted by Crippen LogP contribution is -2.03. The van der Waals surface area contributed by atoms with Gasteiger partial charge in [0.2, 0.25) is 0 Å². The van der Waals surface area contributed by atoms with E-state index in [1.165, 1.54) is 0 Å². The largest absolute Gasteiger partial charge is 0.461 e. The van der Waals surface area contributed by atoms with Gasteiger partial charge >= 0.3 is 0 Å². The Morgan fingerprint density at radius 1 is 1.40 bits per heavy atom. The van der Waals surface area contributed by atoms with E-state index in [4.69, 9.17) is 21.1 Å². The molecule has 0 aliphatic carbocycles. The molecule has 1 unspecified atom stereocenters. The smallest absolute Gasteiger partial charge is 0.134 e. The number of furan rings is 1. The Hall–Kier alpha value is -0.990. The summed E-state index contributed by atoms with van der Waals surface area (Å²) < 4.78 is 5.63. The van der Waals surface area contributed by atoms with Gasteiger partial charge in [-0.3, -0.25) is 0 Å². The van der Waals surface area contributed by atoms with Crippen LogP contribution in [-0.4, -0.2) is 11.7 Å². The zero-order chi connectivity index (χ0) is 10.8. The summed E-state index contributed by atoms with van der Waals surface area (Å²) in [6.45, 7) is 2.16. The highest BCUT2D eigenvalue weighted by molar-refractivity contribution is 6.31. The van der Waals surface area contributed by atoms with Crippen LogP contribution < -0.4 is 0 Å². The molecule has 0 saturated heterocycles. The number of benzene rings is 1.